The number of aryl methyl sites for hydroxylation is 1. The maximum absolute atomic E-state index is 14.0. The molecule has 0 radical (unpaired) electrons. The molecule has 0 saturated carbocycles. The van der Waals surface area contributed by atoms with Crippen LogP contribution in [0.15, 0.2) is 57.9 Å². The molecule has 37 heavy (non-hydrogen) atoms. The number of hydrogen-bond acceptors (Lipinski definition) is 5. The number of benzene rings is 2. The third kappa shape index (κ3) is 5.91. The summed E-state index contributed by atoms with van der Waals surface area (Å²) in [6, 6.07) is 10.2. The van der Waals surface area contributed by atoms with Gasteiger partial charge in [0, 0.05) is 24.3 Å². The van der Waals surface area contributed by atoms with Crippen LogP contribution in [0.1, 0.15) is 35.4 Å². The summed E-state index contributed by atoms with van der Waals surface area (Å²) in [5.74, 6) is -1.95. The first-order valence-electron chi connectivity index (χ1n) is 11.3. The van der Waals surface area contributed by atoms with Gasteiger partial charge in [0.05, 0.1) is 11.5 Å². The summed E-state index contributed by atoms with van der Waals surface area (Å²) < 4.78 is 86.3. The van der Waals surface area contributed by atoms with Gasteiger partial charge in [-0.1, -0.05) is 29.4 Å². The Morgan fingerprint density at radius 2 is 1.92 bits per heavy atom. The summed E-state index contributed by atoms with van der Waals surface area (Å²) in [6.07, 6.45) is -1.15. The molecule has 4 rings (SSSR count). The lowest BCUT2D eigenvalue weighted by Gasteiger charge is -2.31. The maximum Gasteiger partial charge on any atom is 0.416 e. The van der Waals surface area contributed by atoms with Gasteiger partial charge in [-0.2, -0.15) is 17.5 Å². The number of carbonyl (C=O) groups excluding carboxylic acids is 1. The standard InChI is InChI=1S/C25H23F4N3O4S/c1-16-23(22(36-31-16)12-11-17-6-2-3-10-21(17)26)37(34,35)32-13-5-7-18(15-32)24(33)30-20-9-4-8-19(14-20)25(27,28)29/h2-4,6,8-12,14,18H,5,7,13,15H2,1H3,(H,30,33)/b12-11+. The summed E-state index contributed by atoms with van der Waals surface area (Å²) in [5, 5.41) is 6.21. The van der Waals surface area contributed by atoms with E-state index in [4.69, 9.17) is 4.52 Å². The Bertz CT molecular complexity index is 1430. The number of hydrogen-bond donors (Lipinski definition) is 1. The molecule has 1 saturated heterocycles. The monoisotopic (exact) mass is 537 g/mol. The fourth-order valence-electron chi connectivity index (χ4n) is 4.10. The van der Waals surface area contributed by atoms with Gasteiger partial charge in [0.2, 0.25) is 15.9 Å². The van der Waals surface area contributed by atoms with Crippen LogP contribution in [0.3, 0.4) is 0 Å². The Kier molecular flexibility index (Phi) is 7.51. The Balaban J connectivity index is 1.53. The van der Waals surface area contributed by atoms with Crippen LogP contribution in [0.25, 0.3) is 12.2 Å². The molecule has 2 heterocycles. The smallest absolute Gasteiger partial charge is 0.355 e. The zero-order chi connectivity index (χ0) is 26.8. The number of nitrogens with one attached hydrogen (secondary N) is 1. The number of piperidine rings is 1. The minimum Gasteiger partial charge on any atom is -0.355 e. The summed E-state index contributed by atoms with van der Waals surface area (Å²) >= 11 is 0. The molecule has 7 nitrogen and oxygen atoms in total. The Morgan fingerprint density at radius 3 is 2.65 bits per heavy atom. The zero-order valence-electron chi connectivity index (χ0n) is 19.6. The highest BCUT2D eigenvalue weighted by Crippen LogP contribution is 2.32. The molecule has 2 aromatic carbocycles. The SMILES string of the molecule is Cc1noc(/C=C/c2ccccc2F)c1S(=O)(=O)N1CCCC(C(=O)Nc2cccc(C(F)(F)F)c2)C1. The van der Waals surface area contributed by atoms with Crippen LogP contribution in [-0.2, 0) is 21.0 Å². The zero-order valence-corrected chi connectivity index (χ0v) is 20.4. The van der Waals surface area contributed by atoms with Crippen molar-refractivity contribution < 1.29 is 35.3 Å². The fraction of sp³-hybridized carbons (Fsp3) is 0.280. The number of sulfonamides is 1. The van der Waals surface area contributed by atoms with E-state index in [0.717, 1.165) is 16.4 Å². The molecule has 12 heteroatoms. The number of alkyl halides is 3. The molecule has 196 valence electrons. The quantitative estimate of drug-likeness (QED) is 0.428. The molecule has 1 amide bonds. The minimum atomic E-state index is -4.56. The van der Waals surface area contributed by atoms with Gasteiger partial charge in [-0.3, -0.25) is 4.79 Å². The number of nitrogens with zero attached hydrogens (tertiary/aromatic N) is 2. The summed E-state index contributed by atoms with van der Waals surface area (Å²) in [6.45, 7) is 1.42. The van der Waals surface area contributed by atoms with E-state index in [0.29, 0.717) is 12.8 Å². The lowest BCUT2D eigenvalue weighted by Crippen LogP contribution is -2.43. The van der Waals surface area contributed by atoms with Crippen LogP contribution in [-0.4, -0.2) is 36.9 Å². The molecule has 1 fully saturated rings. The Hall–Kier alpha value is -3.51. The highest BCUT2D eigenvalue weighted by atomic mass is 32.2. The second kappa shape index (κ2) is 10.5. The summed E-state index contributed by atoms with van der Waals surface area (Å²) in [5.41, 5.74) is -0.611. The highest BCUT2D eigenvalue weighted by molar-refractivity contribution is 7.89. The number of anilines is 1. The van der Waals surface area contributed by atoms with Crippen LogP contribution in [0, 0.1) is 18.7 Å². The molecule has 1 aliphatic rings. The molecule has 1 aromatic heterocycles. The second-order valence-electron chi connectivity index (χ2n) is 8.59. The van der Waals surface area contributed by atoms with E-state index in [2.05, 4.69) is 10.5 Å². The van der Waals surface area contributed by atoms with Crippen molar-refractivity contribution in [3.05, 3.63) is 76.9 Å². The van der Waals surface area contributed by atoms with Crippen molar-refractivity contribution in [3.8, 4) is 0 Å². The largest absolute Gasteiger partial charge is 0.416 e. The van der Waals surface area contributed by atoms with Gasteiger partial charge in [0.1, 0.15) is 11.5 Å². The summed E-state index contributed by atoms with van der Waals surface area (Å²) in [7, 11) is -4.16. The molecule has 1 N–H and O–H groups in total. The van der Waals surface area contributed by atoms with Crippen molar-refractivity contribution in [2.45, 2.75) is 30.8 Å². The van der Waals surface area contributed by atoms with Crippen LogP contribution in [0.2, 0.25) is 0 Å². The molecule has 0 aliphatic carbocycles. The molecule has 1 atom stereocenters. The van der Waals surface area contributed by atoms with Crippen molar-refractivity contribution >= 4 is 33.8 Å². The fourth-order valence-corrected chi connectivity index (χ4v) is 5.87. The number of rotatable bonds is 6. The van der Waals surface area contributed by atoms with Crippen molar-refractivity contribution in [3.63, 3.8) is 0 Å². The van der Waals surface area contributed by atoms with E-state index in [1.165, 1.54) is 49.4 Å². The van der Waals surface area contributed by atoms with E-state index in [1.807, 2.05) is 0 Å². The van der Waals surface area contributed by atoms with Crippen LogP contribution in [0.4, 0.5) is 23.2 Å². The molecule has 0 spiro atoms. The van der Waals surface area contributed by atoms with Crippen molar-refractivity contribution in [2.24, 2.45) is 5.92 Å². The van der Waals surface area contributed by atoms with Crippen molar-refractivity contribution in [2.75, 3.05) is 18.4 Å². The molecule has 0 bridgehead atoms. The Morgan fingerprint density at radius 1 is 1.16 bits per heavy atom. The molecular weight excluding hydrogens is 514 g/mol. The lowest BCUT2D eigenvalue weighted by atomic mass is 9.98. The van der Waals surface area contributed by atoms with Gasteiger partial charge in [0.15, 0.2) is 10.7 Å². The number of halogens is 4. The molecule has 1 aliphatic heterocycles. The van der Waals surface area contributed by atoms with Crippen LogP contribution in [0.5, 0.6) is 0 Å². The number of carbonyl (C=O) groups is 1. The third-order valence-corrected chi connectivity index (χ3v) is 7.99. The van der Waals surface area contributed by atoms with Gasteiger partial charge in [-0.05, 0) is 56.2 Å². The number of aromatic nitrogens is 1. The first-order valence-corrected chi connectivity index (χ1v) is 12.8. The highest BCUT2D eigenvalue weighted by Gasteiger charge is 2.37. The van der Waals surface area contributed by atoms with Gasteiger partial charge in [0.25, 0.3) is 0 Å². The predicted molar refractivity (Wildman–Crippen MR) is 128 cm³/mol. The second-order valence-corrected chi connectivity index (χ2v) is 10.5. The topological polar surface area (TPSA) is 92.5 Å². The third-order valence-electron chi connectivity index (χ3n) is 5.96. The van der Waals surface area contributed by atoms with Gasteiger partial charge >= 0.3 is 6.18 Å². The summed E-state index contributed by atoms with van der Waals surface area (Å²) in [4.78, 5) is 12.6. The first kappa shape index (κ1) is 26.6. The van der Waals surface area contributed by atoms with Crippen LogP contribution >= 0.6 is 0 Å². The average Bonchev–Trinajstić information content (AvgIpc) is 3.24. The van der Waals surface area contributed by atoms with Gasteiger partial charge in [-0.25, -0.2) is 12.8 Å². The first-order chi connectivity index (χ1) is 17.5. The van der Waals surface area contributed by atoms with Crippen molar-refractivity contribution in [1.82, 2.24) is 9.46 Å². The van der Waals surface area contributed by atoms with Gasteiger partial charge in [-0.15, -0.1) is 0 Å². The predicted octanol–water partition coefficient (Wildman–Crippen LogP) is 5.35. The van der Waals surface area contributed by atoms with E-state index >= 15 is 0 Å². The van der Waals surface area contributed by atoms with Gasteiger partial charge < -0.3 is 9.84 Å². The number of amides is 1. The van der Waals surface area contributed by atoms with Crippen molar-refractivity contribution in [1.29, 1.82) is 0 Å². The van der Waals surface area contributed by atoms with E-state index in [1.54, 1.807) is 6.07 Å². The Labute approximate surface area is 210 Å². The van der Waals surface area contributed by atoms with Crippen LogP contribution < -0.4 is 5.32 Å². The van der Waals surface area contributed by atoms with E-state index < -0.39 is 39.4 Å². The van der Waals surface area contributed by atoms with E-state index in [9.17, 15) is 30.8 Å². The average molecular weight is 538 g/mol. The molecular formula is C25H23F4N3O4S. The minimum absolute atomic E-state index is 0.0322. The normalized spacial score (nSPS) is 17.3. The maximum atomic E-state index is 14.0. The lowest BCUT2D eigenvalue weighted by molar-refractivity contribution is -0.137. The molecule has 3 aromatic rings. The van der Waals surface area contributed by atoms with E-state index in [-0.39, 0.29) is 40.7 Å². The molecule has 1 unspecified atom stereocenters.